The molecule has 0 aliphatic heterocycles. The third-order valence-corrected chi connectivity index (χ3v) is 2.89. The molecule has 0 radical (unpaired) electrons. The molecule has 0 amide bonds. The van der Waals surface area contributed by atoms with Crippen LogP contribution in [0.4, 0.5) is 5.82 Å². The molecule has 0 spiro atoms. The van der Waals surface area contributed by atoms with Crippen LogP contribution in [0.5, 0.6) is 0 Å². The number of nitrogens with zero attached hydrogens (tertiary/aromatic N) is 2. The Hall–Kier alpha value is -2.30. The molecule has 19 heavy (non-hydrogen) atoms. The fraction of sp³-hybridized carbons (Fsp3) is 0.286. The van der Waals surface area contributed by atoms with Gasteiger partial charge in [-0.3, -0.25) is 9.48 Å². The van der Waals surface area contributed by atoms with E-state index in [0.29, 0.717) is 6.54 Å². The predicted octanol–water partition coefficient (Wildman–Crippen LogP) is 1.79. The van der Waals surface area contributed by atoms with Gasteiger partial charge in [0.1, 0.15) is 5.82 Å². The lowest BCUT2D eigenvalue weighted by Gasteiger charge is -2.15. The highest BCUT2D eigenvalue weighted by molar-refractivity contribution is 5.78. The van der Waals surface area contributed by atoms with Gasteiger partial charge in [0.15, 0.2) is 0 Å². The highest BCUT2D eigenvalue weighted by atomic mass is 16.5. The second-order valence-corrected chi connectivity index (χ2v) is 4.24. The summed E-state index contributed by atoms with van der Waals surface area (Å²) in [6.07, 6.45) is 1.85. The maximum Gasteiger partial charge on any atom is 0.314 e. The first-order valence-electron chi connectivity index (χ1n) is 6.07. The van der Waals surface area contributed by atoms with Crippen LogP contribution in [0, 0.1) is 0 Å². The second kappa shape index (κ2) is 6.04. The van der Waals surface area contributed by atoms with Gasteiger partial charge in [-0.15, -0.1) is 0 Å². The zero-order valence-corrected chi connectivity index (χ0v) is 11.0. The average molecular weight is 259 g/mol. The lowest BCUT2D eigenvalue weighted by Crippen LogP contribution is -2.22. The number of esters is 1. The Morgan fingerprint density at radius 3 is 2.68 bits per heavy atom. The van der Waals surface area contributed by atoms with Gasteiger partial charge in [-0.05, 0) is 5.56 Å². The Kier molecular flexibility index (Phi) is 4.18. The Balaban J connectivity index is 2.09. The van der Waals surface area contributed by atoms with Crippen molar-refractivity contribution in [2.24, 2.45) is 7.05 Å². The Morgan fingerprint density at radius 2 is 2.11 bits per heavy atom. The first-order chi connectivity index (χ1) is 9.20. The Bertz CT molecular complexity index is 537. The summed E-state index contributed by atoms with van der Waals surface area (Å²) in [4.78, 5) is 11.9. The van der Waals surface area contributed by atoms with E-state index in [1.165, 1.54) is 7.11 Å². The molecule has 1 heterocycles. The van der Waals surface area contributed by atoms with E-state index in [9.17, 15) is 4.79 Å². The second-order valence-electron chi connectivity index (χ2n) is 4.24. The molecule has 5 nitrogen and oxygen atoms in total. The van der Waals surface area contributed by atoms with Crippen molar-refractivity contribution < 1.29 is 9.53 Å². The molecule has 0 fully saturated rings. The van der Waals surface area contributed by atoms with Crippen molar-refractivity contribution in [3.8, 4) is 0 Å². The predicted molar refractivity (Wildman–Crippen MR) is 72.9 cm³/mol. The molecule has 2 aromatic rings. The van der Waals surface area contributed by atoms with E-state index in [1.807, 2.05) is 49.6 Å². The van der Waals surface area contributed by atoms with Crippen LogP contribution < -0.4 is 5.32 Å². The zero-order chi connectivity index (χ0) is 13.7. The number of ether oxygens (including phenoxy) is 1. The van der Waals surface area contributed by atoms with E-state index < -0.39 is 0 Å². The number of anilines is 1. The molecule has 1 aromatic carbocycles. The summed E-state index contributed by atoms with van der Waals surface area (Å²) in [5.74, 6) is 0.148. The van der Waals surface area contributed by atoms with E-state index in [2.05, 4.69) is 10.4 Å². The summed E-state index contributed by atoms with van der Waals surface area (Å²) < 4.78 is 6.56. The van der Waals surface area contributed by atoms with Crippen molar-refractivity contribution in [3.05, 3.63) is 48.2 Å². The standard InChI is InChI=1S/C14H17N3O2/c1-17-9-8-13(16-17)15-10-12(14(18)19-2)11-6-4-3-5-7-11/h3-9,12H,10H2,1-2H3,(H,15,16). The molecular formula is C14H17N3O2. The highest BCUT2D eigenvalue weighted by Crippen LogP contribution is 2.17. The van der Waals surface area contributed by atoms with Crippen molar-refractivity contribution in [2.45, 2.75) is 5.92 Å². The van der Waals surface area contributed by atoms with Gasteiger partial charge < -0.3 is 10.1 Å². The van der Waals surface area contributed by atoms with E-state index in [4.69, 9.17) is 4.74 Å². The number of rotatable bonds is 5. The minimum Gasteiger partial charge on any atom is -0.468 e. The van der Waals surface area contributed by atoms with Crippen molar-refractivity contribution >= 4 is 11.8 Å². The topological polar surface area (TPSA) is 56.1 Å². The molecule has 1 unspecified atom stereocenters. The summed E-state index contributed by atoms with van der Waals surface area (Å²) in [7, 11) is 3.25. The lowest BCUT2D eigenvalue weighted by atomic mass is 9.99. The van der Waals surface area contributed by atoms with E-state index in [-0.39, 0.29) is 11.9 Å². The van der Waals surface area contributed by atoms with Crippen LogP contribution in [0.3, 0.4) is 0 Å². The number of carbonyl (C=O) groups excluding carboxylic acids is 1. The van der Waals surface area contributed by atoms with Gasteiger partial charge in [0, 0.05) is 25.9 Å². The molecule has 0 aliphatic rings. The third kappa shape index (κ3) is 3.34. The van der Waals surface area contributed by atoms with Crippen LogP contribution >= 0.6 is 0 Å². The molecule has 0 saturated heterocycles. The van der Waals surface area contributed by atoms with Gasteiger partial charge >= 0.3 is 5.97 Å². The molecular weight excluding hydrogens is 242 g/mol. The Morgan fingerprint density at radius 1 is 1.37 bits per heavy atom. The van der Waals surface area contributed by atoms with Crippen molar-refractivity contribution in [2.75, 3.05) is 19.0 Å². The average Bonchev–Trinajstić information content (AvgIpc) is 2.85. The fourth-order valence-electron chi connectivity index (χ4n) is 1.88. The number of aromatic nitrogens is 2. The number of benzene rings is 1. The van der Waals surface area contributed by atoms with Crippen LogP contribution in [-0.2, 0) is 16.6 Å². The van der Waals surface area contributed by atoms with Gasteiger partial charge in [-0.25, -0.2) is 0 Å². The van der Waals surface area contributed by atoms with Gasteiger partial charge in [0.2, 0.25) is 0 Å². The summed E-state index contributed by atoms with van der Waals surface area (Å²) in [5.41, 5.74) is 0.929. The fourth-order valence-corrected chi connectivity index (χ4v) is 1.88. The number of carbonyl (C=O) groups is 1. The Labute approximate surface area is 112 Å². The number of hydrogen-bond donors (Lipinski definition) is 1. The van der Waals surface area contributed by atoms with Gasteiger partial charge in [-0.2, -0.15) is 5.10 Å². The van der Waals surface area contributed by atoms with Crippen LogP contribution in [0.1, 0.15) is 11.5 Å². The molecule has 5 heteroatoms. The quantitative estimate of drug-likeness (QED) is 0.832. The lowest BCUT2D eigenvalue weighted by molar-refractivity contribution is -0.142. The molecule has 100 valence electrons. The molecule has 1 atom stereocenters. The first kappa shape index (κ1) is 13.1. The van der Waals surface area contributed by atoms with Crippen LogP contribution in [0.15, 0.2) is 42.6 Å². The SMILES string of the molecule is COC(=O)C(CNc1ccn(C)n1)c1ccccc1. The normalized spacial score (nSPS) is 11.9. The number of nitrogens with one attached hydrogen (secondary N) is 1. The monoisotopic (exact) mass is 259 g/mol. The number of methoxy groups -OCH3 is 1. The summed E-state index contributed by atoms with van der Waals surface area (Å²) in [6.45, 7) is 0.452. The van der Waals surface area contributed by atoms with E-state index in [0.717, 1.165) is 11.4 Å². The van der Waals surface area contributed by atoms with Crippen LogP contribution in [-0.4, -0.2) is 29.4 Å². The minimum atomic E-state index is -0.340. The van der Waals surface area contributed by atoms with Crippen molar-refractivity contribution in [1.29, 1.82) is 0 Å². The smallest absolute Gasteiger partial charge is 0.314 e. The molecule has 0 saturated carbocycles. The van der Waals surface area contributed by atoms with Crippen LogP contribution in [0.25, 0.3) is 0 Å². The number of hydrogen-bond acceptors (Lipinski definition) is 4. The van der Waals surface area contributed by atoms with Crippen molar-refractivity contribution in [1.82, 2.24) is 9.78 Å². The maximum absolute atomic E-state index is 11.9. The first-order valence-corrected chi connectivity index (χ1v) is 6.07. The number of aryl methyl sites for hydroxylation is 1. The van der Waals surface area contributed by atoms with E-state index >= 15 is 0 Å². The summed E-state index contributed by atoms with van der Waals surface area (Å²) in [6, 6.07) is 11.4. The summed E-state index contributed by atoms with van der Waals surface area (Å²) in [5, 5.41) is 7.36. The van der Waals surface area contributed by atoms with Gasteiger partial charge in [0.25, 0.3) is 0 Å². The molecule has 0 bridgehead atoms. The maximum atomic E-state index is 11.9. The summed E-state index contributed by atoms with van der Waals surface area (Å²) >= 11 is 0. The van der Waals surface area contributed by atoms with Gasteiger partial charge in [-0.1, -0.05) is 30.3 Å². The molecule has 1 aromatic heterocycles. The largest absolute Gasteiger partial charge is 0.468 e. The third-order valence-electron chi connectivity index (χ3n) is 2.89. The van der Waals surface area contributed by atoms with Crippen molar-refractivity contribution in [3.63, 3.8) is 0 Å². The zero-order valence-electron chi connectivity index (χ0n) is 11.0. The van der Waals surface area contributed by atoms with Gasteiger partial charge in [0.05, 0.1) is 13.0 Å². The molecule has 1 N–H and O–H groups in total. The van der Waals surface area contributed by atoms with Crippen LogP contribution in [0.2, 0.25) is 0 Å². The molecule has 0 aliphatic carbocycles. The molecule has 2 rings (SSSR count). The minimum absolute atomic E-state index is 0.255. The highest BCUT2D eigenvalue weighted by Gasteiger charge is 2.21. The van der Waals surface area contributed by atoms with E-state index in [1.54, 1.807) is 4.68 Å².